The van der Waals surface area contributed by atoms with E-state index in [2.05, 4.69) is 157 Å². The summed E-state index contributed by atoms with van der Waals surface area (Å²) in [6.45, 7) is 26.1. The molecule has 7 aromatic rings. The van der Waals surface area contributed by atoms with Gasteiger partial charge in [0.05, 0.1) is 11.0 Å². The Hall–Kier alpha value is -4.88. The summed E-state index contributed by atoms with van der Waals surface area (Å²) in [6, 6.07) is 52.6. The van der Waals surface area contributed by atoms with E-state index in [4.69, 9.17) is 0 Å². The molecule has 0 spiro atoms. The quantitative estimate of drug-likeness (QED) is 0.176. The van der Waals surface area contributed by atoms with Gasteiger partial charge in [0.1, 0.15) is 0 Å². The van der Waals surface area contributed by atoms with Crippen molar-refractivity contribution < 1.29 is 0 Å². The molecule has 0 N–H and O–H groups in total. The molecule has 0 aliphatic heterocycles. The fourth-order valence-corrected chi connectivity index (χ4v) is 5.61. The van der Waals surface area contributed by atoms with E-state index in [9.17, 15) is 0 Å². The number of aromatic nitrogens is 1. The Bertz CT molecular complexity index is 1890. The number of rotatable bonds is 4. The van der Waals surface area contributed by atoms with Crippen LogP contribution in [0.3, 0.4) is 0 Å². The highest BCUT2D eigenvalue weighted by atomic mass is 15.0. The van der Waals surface area contributed by atoms with Crippen LogP contribution in [0.15, 0.2) is 146 Å². The summed E-state index contributed by atoms with van der Waals surface area (Å²) in [6.07, 6.45) is 0. The van der Waals surface area contributed by atoms with E-state index in [1.54, 1.807) is 0 Å². The number of aryl methyl sites for hydroxylation is 1. The minimum atomic E-state index is 1.17. The Morgan fingerprint density at radius 3 is 1.02 bits per heavy atom. The molecule has 0 saturated carbocycles. The summed E-state index contributed by atoms with van der Waals surface area (Å²) in [5.41, 5.74) is 12.3. The molecule has 0 amide bonds. The molecule has 0 aliphatic carbocycles. The van der Waals surface area contributed by atoms with Crippen LogP contribution in [-0.4, -0.2) is 4.57 Å². The summed E-state index contributed by atoms with van der Waals surface area (Å²) in [7, 11) is 0. The first-order chi connectivity index (χ1) is 24.7. The van der Waals surface area contributed by atoms with Crippen molar-refractivity contribution in [3.8, 4) is 39.1 Å². The first kappa shape index (κ1) is 43.1. The van der Waals surface area contributed by atoms with Crippen molar-refractivity contribution >= 4 is 21.8 Å². The van der Waals surface area contributed by atoms with Gasteiger partial charge in [-0.3, -0.25) is 0 Å². The summed E-state index contributed by atoms with van der Waals surface area (Å²) < 4.78 is 2.38. The highest BCUT2D eigenvalue weighted by Crippen LogP contribution is 2.34. The van der Waals surface area contributed by atoms with E-state index in [1.165, 1.54) is 66.4 Å². The number of nitrogens with zero attached hydrogens (tertiary/aromatic N) is 1. The SMILES string of the molecule is CC.CC.CC.CC.CC.CC.Cc1cccc(-c2cccc(-c3cccc(-c4cccc(-n5c6ccccc6c6ccccc65)c4)c3)c2)c1. The smallest absolute Gasteiger partial charge is 0.0541 e. The van der Waals surface area contributed by atoms with Crippen LogP contribution in [0.25, 0.3) is 60.9 Å². The lowest BCUT2D eigenvalue weighted by Gasteiger charge is -2.12. The maximum Gasteiger partial charge on any atom is 0.0541 e. The van der Waals surface area contributed by atoms with Crippen molar-refractivity contribution in [1.82, 2.24) is 4.57 Å². The summed E-state index contributed by atoms with van der Waals surface area (Å²) in [4.78, 5) is 0. The van der Waals surface area contributed by atoms with E-state index >= 15 is 0 Å². The second kappa shape index (κ2) is 24.3. The van der Waals surface area contributed by atoms with Gasteiger partial charge >= 0.3 is 0 Å². The van der Waals surface area contributed by atoms with Gasteiger partial charge < -0.3 is 4.57 Å². The van der Waals surface area contributed by atoms with E-state index in [0.29, 0.717) is 0 Å². The second-order valence-corrected chi connectivity index (χ2v) is 9.95. The van der Waals surface area contributed by atoms with Gasteiger partial charge in [-0.05, 0) is 76.7 Å². The lowest BCUT2D eigenvalue weighted by molar-refractivity contribution is 1.18. The van der Waals surface area contributed by atoms with Crippen LogP contribution in [0, 0.1) is 6.92 Å². The van der Waals surface area contributed by atoms with Crippen molar-refractivity contribution in [2.45, 2.75) is 90.0 Å². The van der Waals surface area contributed by atoms with E-state index in [1.807, 2.05) is 83.1 Å². The molecular weight excluding hydrogens is 603 g/mol. The Morgan fingerprint density at radius 1 is 0.300 bits per heavy atom. The average Bonchev–Trinajstić information content (AvgIpc) is 3.57. The third kappa shape index (κ3) is 10.6. The predicted octanol–water partition coefficient (Wildman–Crippen LogP) is 16.3. The molecule has 0 bridgehead atoms. The zero-order valence-electron chi connectivity index (χ0n) is 33.3. The molecule has 264 valence electrons. The largest absolute Gasteiger partial charge is 0.309 e. The van der Waals surface area contributed by atoms with Crippen LogP contribution >= 0.6 is 0 Å². The number of benzene rings is 6. The minimum Gasteiger partial charge on any atom is -0.309 e. The third-order valence-electron chi connectivity index (χ3n) is 7.43. The molecule has 1 nitrogen and oxygen atoms in total. The molecule has 0 radical (unpaired) electrons. The van der Waals surface area contributed by atoms with Gasteiger partial charge in [-0.2, -0.15) is 0 Å². The van der Waals surface area contributed by atoms with Crippen molar-refractivity contribution in [3.05, 3.63) is 151 Å². The molecule has 1 heterocycles. The normalized spacial score (nSPS) is 9.30. The topological polar surface area (TPSA) is 4.93 Å². The number of hydrogen-bond donors (Lipinski definition) is 0. The first-order valence-corrected chi connectivity index (χ1v) is 19.1. The van der Waals surface area contributed by atoms with Crippen LogP contribution in [0.4, 0.5) is 0 Å². The van der Waals surface area contributed by atoms with Crippen LogP contribution < -0.4 is 0 Å². The Morgan fingerprint density at radius 2 is 0.620 bits per heavy atom. The Kier molecular flexibility index (Phi) is 21.0. The zero-order chi connectivity index (χ0) is 37.5. The van der Waals surface area contributed by atoms with Gasteiger partial charge in [-0.1, -0.05) is 198 Å². The summed E-state index contributed by atoms with van der Waals surface area (Å²) in [5, 5.41) is 2.56. The van der Waals surface area contributed by atoms with E-state index < -0.39 is 0 Å². The third-order valence-corrected chi connectivity index (χ3v) is 7.43. The molecule has 7 rings (SSSR count). The van der Waals surface area contributed by atoms with Gasteiger partial charge in [0, 0.05) is 16.5 Å². The predicted molar refractivity (Wildman–Crippen MR) is 230 cm³/mol. The van der Waals surface area contributed by atoms with Crippen molar-refractivity contribution in [3.63, 3.8) is 0 Å². The molecule has 0 fully saturated rings. The number of para-hydroxylation sites is 2. The van der Waals surface area contributed by atoms with Crippen molar-refractivity contribution in [2.75, 3.05) is 0 Å². The molecule has 1 heteroatoms. The number of fused-ring (bicyclic) bond motifs is 3. The van der Waals surface area contributed by atoms with Crippen LogP contribution in [0.2, 0.25) is 0 Å². The minimum absolute atomic E-state index is 1.17. The standard InChI is InChI=1S/C37H27N.6C2H6/c1-26-10-6-11-27(22-26)28-12-7-13-29(23-28)30-14-8-15-31(24-30)32-16-9-17-33(25-32)38-36-20-4-2-18-34(36)35-19-3-5-21-37(35)38;6*1-2/h2-25H,1H3;6*1-2H3. The lowest BCUT2D eigenvalue weighted by atomic mass is 9.95. The molecular formula is C49H63N. The first-order valence-electron chi connectivity index (χ1n) is 19.1. The van der Waals surface area contributed by atoms with Gasteiger partial charge in [-0.25, -0.2) is 0 Å². The molecule has 0 atom stereocenters. The Balaban J connectivity index is 0.000000948. The van der Waals surface area contributed by atoms with Crippen molar-refractivity contribution in [1.29, 1.82) is 0 Å². The van der Waals surface area contributed by atoms with Gasteiger partial charge in [-0.15, -0.1) is 0 Å². The fraction of sp³-hybridized carbons (Fsp3) is 0.265. The maximum absolute atomic E-state index is 2.38. The molecule has 0 unspecified atom stereocenters. The Labute approximate surface area is 305 Å². The molecule has 0 aliphatic rings. The monoisotopic (exact) mass is 665 g/mol. The highest BCUT2D eigenvalue weighted by molar-refractivity contribution is 6.09. The number of hydrogen-bond acceptors (Lipinski definition) is 0. The summed E-state index contributed by atoms with van der Waals surface area (Å²) >= 11 is 0. The molecule has 1 aromatic heterocycles. The highest BCUT2D eigenvalue weighted by Gasteiger charge is 2.12. The van der Waals surface area contributed by atoms with Crippen molar-refractivity contribution in [2.24, 2.45) is 0 Å². The lowest BCUT2D eigenvalue weighted by Crippen LogP contribution is -1.94. The zero-order valence-corrected chi connectivity index (χ0v) is 33.3. The van der Waals surface area contributed by atoms with Crippen LogP contribution in [0.1, 0.15) is 88.6 Å². The van der Waals surface area contributed by atoms with Crippen LogP contribution in [-0.2, 0) is 0 Å². The fourth-order valence-electron chi connectivity index (χ4n) is 5.61. The van der Waals surface area contributed by atoms with Crippen LogP contribution in [0.5, 0.6) is 0 Å². The molecule has 50 heavy (non-hydrogen) atoms. The van der Waals surface area contributed by atoms with E-state index in [-0.39, 0.29) is 0 Å². The maximum atomic E-state index is 2.38. The average molecular weight is 666 g/mol. The molecule has 0 saturated heterocycles. The van der Waals surface area contributed by atoms with Gasteiger partial charge in [0.25, 0.3) is 0 Å². The van der Waals surface area contributed by atoms with E-state index in [0.717, 1.165) is 0 Å². The molecule has 6 aromatic carbocycles. The van der Waals surface area contributed by atoms with Gasteiger partial charge in [0.15, 0.2) is 0 Å². The van der Waals surface area contributed by atoms with Gasteiger partial charge in [0.2, 0.25) is 0 Å². The second-order valence-electron chi connectivity index (χ2n) is 9.95. The summed E-state index contributed by atoms with van der Waals surface area (Å²) in [5.74, 6) is 0.